The standard InChI is InChI=1S/C19H34N6S/c1-20-18(21-9-5-11-25-12-6-10-23-25)22-17-19(7-3-2-4-8-19)24-13-15-26-16-14-24/h6,10,12H,2-5,7-9,11,13-17H2,1H3,(H2,20,21,22). The molecule has 2 N–H and O–H groups in total. The minimum absolute atomic E-state index is 0.325. The molecule has 1 saturated carbocycles. The topological polar surface area (TPSA) is 57.5 Å². The predicted molar refractivity (Wildman–Crippen MR) is 111 cm³/mol. The van der Waals surface area contributed by atoms with Crippen LogP contribution in [0.4, 0.5) is 0 Å². The molecule has 1 aromatic rings. The van der Waals surface area contributed by atoms with Crippen molar-refractivity contribution in [1.82, 2.24) is 25.3 Å². The molecule has 2 fully saturated rings. The number of nitrogens with zero attached hydrogens (tertiary/aromatic N) is 4. The molecule has 0 amide bonds. The third-order valence-corrected chi connectivity index (χ3v) is 6.63. The third kappa shape index (κ3) is 5.39. The summed E-state index contributed by atoms with van der Waals surface area (Å²) in [6, 6.07) is 1.97. The second kappa shape index (κ2) is 10.2. The van der Waals surface area contributed by atoms with Crippen LogP contribution < -0.4 is 10.6 Å². The number of aryl methyl sites for hydroxylation is 1. The van der Waals surface area contributed by atoms with Crippen LogP contribution in [-0.2, 0) is 6.54 Å². The van der Waals surface area contributed by atoms with E-state index < -0.39 is 0 Å². The van der Waals surface area contributed by atoms with Crippen molar-refractivity contribution in [2.45, 2.75) is 50.6 Å². The molecule has 7 heteroatoms. The first-order valence-electron chi connectivity index (χ1n) is 10.1. The Morgan fingerprint density at radius 2 is 2.00 bits per heavy atom. The molecule has 0 aromatic carbocycles. The summed E-state index contributed by atoms with van der Waals surface area (Å²) >= 11 is 2.10. The zero-order chi connectivity index (χ0) is 18.1. The van der Waals surface area contributed by atoms with E-state index in [0.717, 1.165) is 32.0 Å². The van der Waals surface area contributed by atoms with Crippen molar-refractivity contribution in [3.05, 3.63) is 18.5 Å². The Morgan fingerprint density at radius 1 is 1.19 bits per heavy atom. The molecule has 0 spiro atoms. The number of hydrogen-bond donors (Lipinski definition) is 2. The fraction of sp³-hybridized carbons (Fsp3) is 0.789. The van der Waals surface area contributed by atoms with E-state index in [9.17, 15) is 0 Å². The van der Waals surface area contributed by atoms with E-state index >= 15 is 0 Å². The summed E-state index contributed by atoms with van der Waals surface area (Å²) in [5, 5.41) is 11.4. The van der Waals surface area contributed by atoms with E-state index in [-0.39, 0.29) is 0 Å². The Kier molecular flexibility index (Phi) is 7.68. The van der Waals surface area contributed by atoms with E-state index in [1.807, 2.05) is 30.2 Å². The van der Waals surface area contributed by atoms with Gasteiger partial charge in [-0.05, 0) is 25.3 Å². The van der Waals surface area contributed by atoms with Crippen molar-refractivity contribution >= 4 is 17.7 Å². The lowest BCUT2D eigenvalue weighted by Crippen LogP contribution is -2.59. The molecule has 0 bridgehead atoms. The SMILES string of the molecule is CN=C(NCCCn1cccn1)NCC1(N2CCSCC2)CCCCC1. The maximum absolute atomic E-state index is 4.43. The van der Waals surface area contributed by atoms with Crippen LogP contribution in [0.2, 0.25) is 0 Å². The Bertz CT molecular complexity index is 532. The largest absolute Gasteiger partial charge is 0.356 e. The van der Waals surface area contributed by atoms with Gasteiger partial charge >= 0.3 is 0 Å². The van der Waals surface area contributed by atoms with E-state index in [2.05, 4.69) is 37.4 Å². The summed E-state index contributed by atoms with van der Waals surface area (Å²) in [7, 11) is 1.87. The number of aliphatic imine (C=N–C) groups is 1. The molecule has 0 atom stereocenters. The Morgan fingerprint density at radius 3 is 2.69 bits per heavy atom. The van der Waals surface area contributed by atoms with Crippen molar-refractivity contribution in [2.75, 3.05) is 44.7 Å². The van der Waals surface area contributed by atoms with Gasteiger partial charge in [0.05, 0.1) is 0 Å². The smallest absolute Gasteiger partial charge is 0.191 e. The van der Waals surface area contributed by atoms with E-state index in [1.54, 1.807) is 0 Å². The van der Waals surface area contributed by atoms with Gasteiger partial charge in [-0.3, -0.25) is 14.6 Å². The molecule has 2 aliphatic rings. The van der Waals surface area contributed by atoms with Gasteiger partial charge in [-0.25, -0.2) is 0 Å². The average molecular weight is 379 g/mol. The van der Waals surface area contributed by atoms with E-state index in [0.29, 0.717) is 5.54 Å². The fourth-order valence-electron chi connectivity index (χ4n) is 4.20. The van der Waals surface area contributed by atoms with Crippen molar-refractivity contribution < 1.29 is 0 Å². The summed E-state index contributed by atoms with van der Waals surface area (Å²) < 4.78 is 1.98. The number of thioether (sulfide) groups is 1. The lowest BCUT2D eigenvalue weighted by molar-refractivity contribution is 0.0626. The number of hydrogen-bond acceptors (Lipinski definition) is 4. The predicted octanol–water partition coefficient (Wildman–Crippen LogP) is 2.19. The van der Waals surface area contributed by atoms with Gasteiger partial charge in [-0.2, -0.15) is 16.9 Å². The molecule has 146 valence electrons. The zero-order valence-corrected chi connectivity index (χ0v) is 16.9. The fourth-order valence-corrected chi connectivity index (χ4v) is 5.10. The molecule has 1 aliphatic carbocycles. The Balaban J connectivity index is 1.46. The lowest BCUT2D eigenvalue weighted by atomic mass is 9.80. The molecule has 1 aromatic heterocycles. The Labute approximate surface area is 162 Å². The van der Waals surface area contributed by atoms with Crippen LogP contribution in [0.1, 0.15) is 38.5 Å². The molecular weight excluding hydrogens is 344 g/mol. The summed E-state index contributed by atoms with van der Waals surface area (Å²) in [5.74, 6) is 3.49. The zero-order valence-electron chi connectivity index (χ0n) is 16.1. The molecule has 26 heavy (non-hydrogen) atoms. The maximum Gasteiger partial charge on any atom is 0.191 e. The van der Waals surface area contributed by atoms with Gasteiger partial charge in [-0.1, -0.05) is 19.3 Å². The molecule has 1 aliphatic heterocycles. The molecule has 0 unspecified atom stereocenters. The molecule has 2 heterocycles. The van der Waals surface area contributed by atoms with Crippen molar-refractivity contribution in [3.8, 4) is 0 Å². The second-order valence-corrected chi connectivity index (χ2v) is 8.58. The summed E-state index contributed by atoms with van der Waals surface area (Å²) in [4.78, 5) is 7.20. The molecule has 3 rings (SSSR count). The second-order valence-electron chi connectivity index (χ2n) is 7.36. The highest BCUT2D eigenvalue weighted by molar-refractivity contribution is 7.99. The van der Waals surface area contributed by atoms with Crippen LogP contribution in [0, 0.1) is 0 Å². The van der Waals surface area contributed by atoms with Crippen LogP contribution in [0.25, 0.3) is 0 Å². The van der Waals surface area contributed by atoms with Crippen LogP contribution in [-0.4, -0.2) is 70.9 Å². The lowest BCUT2D eigenvalue weighted by Gasteiger charge is -2.48. The number of nitrogens with one attached hydrogen (secondary N) is 2. The third-order valence-electron chi connectivity index (χ3n) is 5.69. The number of guanidine groups is 1. The van der Waals surface area contributed by atoms with Crippen LogP contribution in [0.3, 0.4) is 0 Å². The van der Waals surface area contributed by atoms with Gasteiger partial charge in [0.1, 0.15) is 0 Å². The van der Waals surface area contributed by atoms with Crippen LogP contribution in [0.5, 0.6) is 0 Å². The minimum atomic E-state index is 0.325. The first-order chi connectivity index (χ1) is 12.8. The highest BCUT2D eigenvalue weighted by atomic mass is 32.2. The first-order valence-corrected chi connectivity index (χ1v) is 11.2. The normalized spacial score (nSPS) is 21.5. The van der Waals surface area contributed by atoms with E-state index in [4.69, 9.17) is 0 Å². The van der Waals surface area contributed by atoms with Crippen LogP contribution >= 0.6 is 11.8 Å². The van der Waals surface area contributed by atoms with Crippen molar-refractivity contribution in [2.24, 2.45) is 4.99 Å². The van der Waals surface area contributed by atoms with Gasteiger partial charge in [0, 0.05) is 69.2 Å². The summed E-state index contributed by atoms with van der Waals surface area (Å²) in [6.07, 6.45) is 11.6. The van der Waals surface area contributed by atoms with Crippen molar-refractivity contribution in [1.29, 1.82) is 0 Å². The highest BCUT2D eigenvalue weighted by Crippen LogP contribution is 2.34. The summed E-state index contributed by atoms with van der Waals surface area (Å²) in [6.45, 7) is 5.33. The van der Waals surface area contributed by atoms with Gasteiger partial charge in [0.15, 0.2) is 5.96 Å². The molecule has 1 saturated heterocycles. The molecular formula is C19H34N6S. The number of aromatic nitrogens is 2. The number of rotatable bonds is 7. The van der Waals surface area contributed by atoms with Gasteiger partial charge in [0.25, 0.3) is 0 Å². The summed E-state index contributed by atoms with van der Waals surface area (Å²) in [5.41, 5.74) is 0.325. The Hall–Kier alpha value is -1.21. The monoisotopic (exact) mass is 378 g/mol. The minimum Gasteiger partial charge on any atom is -0.356 e. The van der Waals surface area contributed by atoms with Crippen molar-refractivity contribution in [3.63, 3.8) is 0 Å². The molecule has 0 radical (unpaired) electrons. The average Bonchev–Trinajstić information content (AvgIpc) is 3.22. The van der Waals surface area contributed by atoms with Gasteiger partial charge in [-0.15, -0.1) is 0 Å². The maximum atomic E-state index is 4.43. The van der Waals surface area contributed by atoms with E-state index in [1.165, 1.54) is 56.7 Å². The van der Waals surface area contributed by atoms with Gasteiger partial charge in [0.2, 0.25) is 0 Å². The molecule has 6 nitrogen and oxygen atoms in total. The van der Waals surface area contributed by atoms with Gasteiger partial charge < -0.3 is 10.6 Å². The highest BCUT2D eigenvalue weighted by Gasteiger charge is 2.38. The quantitative estimate of drug-likeness (QED) is 0.433. The first kappa shape index (κ1) is 19.5. The van der Waals surface area contributed by atoms with Crippen LogP contribution in [0.15, 0.2) is 23.5 Å².